The third-order valence-electron chi connectivity index (χ3n) is 4.03. The number of nitrogens with one attached hydrogen (secondary N) is 1. The summed E-state index contributed by atoms with van der Waals surface area (Å²) in [5.74, 6) is -0.929. The fourth-order valence-electron chi connectivity index (χ4n) is 2.66. The molecule has 2 rings (SSSR count). The first-order valence-corrected chi connectivity index (χ1v) is 8.34. The summed E-state index contributed by atoms with van der Waals surface area (Å²) in [6, 6.07) is 9.38. The maximum absolute atomic E-state index is 11.9. The second kappa shape index (κ2) is 9.05. The first kappa shape index (κ1) is 18.0. The Kier molecular flexibility index (Phi) is 6.78. The maximum atomic E-state index is 11.9. The van der Waals surface area contributed by atoms with Crippen molar-refractivity contribution in [2.24, 2.45) is 0 Å². The van der Waals surface area contributed by atoms with Gasteiger partial charge in [-0.1, -0.05) is 36.8 Å². The number of carbonyl (C=O) groups is 3. The van der Waals surface area contributed by atoms with Crippen LogP contribution in [-0.2, 0) is 19.1 Å². The van der Waals surface area contributed by atoms with Crippen molar-refractivity contribution in [3.63, 3.8) is 0 Å². The van der Waals surface area contributed by atoms with E-state index in [0.29, 0.717) is 13.0 Å². The molecule has 1 aliphatic rings. The minimum Gasteiger partial charge on any atom is -0.454 e. The van der Waals surface area contributed by atoms with Gasteiger partial charge in [-0.05, 0) is 25.3 Å². The first-order chi connectivity index (χ1) is 11.6. The Bertz CT molecular complexity index is 574. The Labute approximate surface area is 142 Å². The van der Waals surface area contributed by atoms with Crippen molar-refractivity contribution >= 4 is 17.8 Å². The van der Waals surface area contributed by atoms with Gasteiger partial charge < -0.3 is 15.0 Å². The zero-order valence-electron chi connectivity index (χ0n) is 14.0. The highest BCUT2D eigenvalue weighted by molar-refractivity contribution is 5.84. The number of ether oxygens (including phenoxy) is 1. The molecule has 0 spiro atoms. The highest BCUT2D eigenvalue weighted by Crippen LogP contribution is 2.12. The Hall–Kier alpha value is -2.37. The average molecular weight is 332 g/mol. The Balaban J connectivity index is 1.72. The van der Waals surface area contributed by atoms with Gasteiger partial charge in [0.05, 0.1) is 6.04 Å². The highest BCUT2D eigenvalue weighted by atomic mass is 16.5. The van der Waals surface area contributed by atoms with Gasteiger partial charge in [-0.2, -0.15) is 0 Å². The molecule has 1 aliphatic heterocycles. The third kappa shape index (κ3) is 5.68. The van der Waals surface area contributed by atoms with Crippen molar-refractivity contribution in [1.82, 2.24) is 10.2 Å². The molecule has 130 valence electrons. The third-order valence-corrected chi connectivity index (χ3v) is 4.03. The van der Waals surface area contributed by atoms with Crippen LogP contribution in [0.3, 0.4) is 0 Å². The number of carbonyl (C=O) groups excluding carboxylic acids is 3. The normalized spacial score (nSPS) is 16.2. The van der Waals surface area contributed by atoms with E-state index in [1.807, 2.05) is 37.3 Å². The molecule has 0 aliphatic carbocycles. The number of likely N-dealkylation sites (tertiary alicyclic amines) is 1. The van der Waals surface area contributed by atoms with Crippen LogP contribution >= 0.6 is 0 Å². The smallest absolute Gasteiger partial charge is 0.326 e. The standard InChI is InChI=1S/C18H24N2O4/c1-14(15-8-4-2-5-9-15)19-16(21)13-24-18(23)12-20-11-7-3-6-10-17(20)22/h2,4-5,8-9,14H,3,6-7,10-13H2,1H3,(H,19,21)/t14-/m1/s1. The van der Waals surface area contributed by atoms with Gasteiger partial charge in [0, 0.05) is 13.0 Å². The monoisotopic (exact) mass is 332 g/mol. The topological polar surface area (TPSA) is 75.7 Å². The Morgan fingerprint density at radius 1 is 1.21 bits per heavy atom. The molecule has 1 heterocycles. The molecule has 1 atom stereocenters. The molecular weight excluding hydrogens is 308 g/mol. The van der Waals surface area contributed by atoms with Gasteiger partial charge in [0.2, 0.25) is 5.91 Å². The fraction of sp³-hybridized carbons (Fsp3) is 0.500. The molecule has 1 saturated heterocycles. The molecule has 0 aromatic heterocycles. The van der Waals surface area contributed by atoms with Gasteiger partial charge in [-0.25, -0.2) is 0 Å². The van der Waals surface area contributed by atoms with Crippen molar-refractivity contribution < 1.29 is 19.1 Å². The molecule has 0 unspecified atom stereocenters. The van der Waals surface area contributed by atoms with Gasteiger partial charge in [-0.15, -0.1) is 0 Å². The molecular formula is C18H24N2O4. The molecule has 0 radical (unpaired) electrons. The van der Waals surface area contributed by atoms with Crippen LogP contribution < -0.4 is 5.32 Å². The summed E-state index contributed by atoms with van der Waals surface area (Å²) < 4.78 is 4.99. The van der Waals surface area contributed by atoms with Crippen molar-refractivity contribution in [2.75, 3.05) is 19.7 Å². The van der Waals surface area contributed by atoms with Crippen LogP contribution in [0.25, 0.3) is 0 Å². The van der Waals surface area contributed by atoms with Crippen molar-refractivity contribution in [3.05, 3.63) is 35.9 Å². The summed E-state index contributed by atoms with van der Waals surface area (Å²) in [4.78, 5) is 37.0. The second-order valence-electron chi connectivity index (χ2n) is 5.99. The van der Waals surface area contributed by atoms with E-state index < -0.39 is 5.97 Å². The molecule has 6 heteroatoms. The molecule has 1 fully saturated rings. The van der Waals surface area contributed by atoms with Gasteiger partial charge >= 0.3 is 5.97 Å². The number of nitrogens with zero attached hydrogens (tertiary/aromatic N) is 1. The molecule has 1 aromatic rings. The zero-order chi connectivity index (χ0) is 17.4. The van der Waals surface area contributed by atoms with Crippen LogP contribution in [-0.4, -0.2) is 42.4 Å². The van der Waals surface area contributed by atoms with Crippen LogP contribution in [0, 0.1) is 0 Å². The molecule has 0 saturated carbocycles. The van der Waals surface area contributed by atoms with E-state index in [2.05, 4.69) is 5.32 Å². The molecule has 24 heavy (non-hydrogen) atoms. The number of hydrogen-bond donors (Lipinski definition) is 1. The van der Waals surface area contributed by atoms with Crippen LogP contribution in [0.2, 0.25) is 0 Å². The van der Waals surface area contributed by atoms with Crippen LogP contribution in [0.15, 0.2) is 30.3 Å². The molecule has 1 aromatic carbocycles. The summed E-state index contributed by atoms with van der Waals surface area (Å²) in [6.45, 7) is 2.02. The lowest BCUT2D eigenvalue weighted by molar-refractivity contribution is -0.152. The summed E-state index contributed by atoms with van der Waals surface area (Å²) in [5.41, 5.74) is 0.979. The van der Waals surface area contributed by atoms with Gasteiger partial charge in [0.1, 0.15) is 6.54 Å². The lowest BCUT2D eigenvalue weighted by atomic mass is 10.1. The van der Waals surface area contributed by atoms with Crippen molar-refractivity contribution in [2.45, 2.75) is 38.6 Å². The minimum absolute atomic E-state index is 0.0217. The van der Waals surface area contributed by atoms with E-state index in [-0.39, 0.29) is 31.0 Å². The average Bonchev–Trinajstić information content (AvgIpc) is 2.78. The van der Waals surface area contributed by atoms with E-state index in [4.69, 9.17) is 4.74 Å². The quantitative estimate of drug-likeness (QED) is 0.806. The minimum atomic E-state index is -0.548. The largest absolute Gasteiger partial charge is 0.454 e. The van der Waals surface area contributed by atoms with E-state index in [1.54, 1.807) is 0 Å². The number of benzene rings is 1. The predicted molar refractivity (Wildman–Crippen MR) is 89.0 cm³/mol. The summed E-state index contributed by atoms with van der Waals surface area (Å²) in [5, 5.41) is 2.78. The van der Waals surface area contributed by atoms with Gasteiger partial charge in [-0.3, -0.25) is 14.4 Å². The fourth-order valence-corrected chi connectivity index (χ4v) is 2.66. The molecule has 1 N–H and O–H groups in total. The lowest BCUT2D eigenvalue weighted by Gasteiger charge is -2.19. The Morgan fingerprint density at radius 3 is 2.71 bits per heavy atom. The summed E-state index contributed by atoms with van der Waals surface area (Å²) in [6.07, 6.45) is 3.23. The van der Waals surface area contributed by atoms with E-state index >= 15 is 0 Å². The second-order valence-corrected chi connectivity index (χ2v) is 5.99. The lowest BCUT2D eigenvalue weighted by Crippen LogP contribution is -2.37. The van der Waals surface area contributed by atoms with E-state index in [1.165, 1.54) is 4.90 Å². The van der Waals surface area contributed by atoms with Crippen LogP contribution in [0.1, 0.15) is 44.2 Å². The first-order valence-electron chi connectivity index (χ1n) is 8.34. The highest BCUT2D eigenvalue weighted by Gasteiger charge is 2.20. The SMILES string of the molecule is C[C@@H](NC(=O)COC(=O)CN1CCCCCC1=O)c1ccccc1. The van der Waals surface area contributed by atoms with Gasteiger partial charge in [0.15, 0.2) is 6.61 Å². The zero-order valence-corrected chi connectivity index (χ0v) is 14.0. The number of amides is 2. The molecule has 6 nitrogen and oxygen atoms in total. The molecule has 2 amide bonds. The summed E-state index contributed by atoms with van der Waals surface area (Å²) >= 11 is 0. The van der Waals surface area contributed by atoms with E-state index in [0.717, 1.165) is 24.8 Å². The van der Waals surface area contributed by atoms with Crippen LogP contribution in [0.4, 0.5) is 0 Å². The maximum Gasteiger partial charge on any atom is 0.326 e. The van der Waals surface area contributed by atoms with Crippen molar-refractivity contribution in [3.8, 4) is 0 Å². The number of rotatable bonds is 6. The Morgan fingerprint density at radius 2 is 1.96 bits per heavy atom. The van der Waals surface area contributed by atoms with Crippen LogP contribution in [0.5, 0.6) is 0 Å². The van der Waals surface area contributed by atoms with E-state index in [9.17, 15) is 14.4 Å². The van der Waals surface area contributed by atoms with Gasteiger partial charge in [0.25, 0.3) is 5.91 Å². The summed E-state index contributed by atoms with van der Waals surface area (Å²) in [7, 11) is 0. The van der Waals surface area contributed by atoms with Crippen molar-refractivity contribution in [1.29, 1.82) is 0 Å². The number of esters is 1. The molecule has 0 bridgehead atoms. The number of hydrogen-bond acceptors (Lipinski definition) is 4. The predicted octanol–water partition coefficient (Wildman–Crippen LogP) is 1.81.